The number of amides is 2. The van der Waals surface area contributed by atoms with Gasteiger partial charge in [-0.25, -0.2) is 4.98 Å². The number of aromatic nitrogens is 1. The second-order valence-electron chi connectivity index (χ2n) is 8.83. The summed E-state index contributed by atoms with van der Waals surface area (Å²) in [6.45, 7) is 6.05. The number of benzene rings is 1. The third-order valence-corrected chi connectivity index (χ3v) is 6.50. The summed E-state index contributed by atoms with van der Waals surface area (Å²) in [4.78, 5) is 34.3. The molecule has 1 saturated heterocycles. The minimum atomic E-state index is 0.0366. The smallest absolute Gasteiger partial charge is 0.255 e. The molecule has 1 atom stereocenters. The Balaban J connectivity index is 1.62. The molecule has 0 radical (unpaired) electrons. The first kappa shape index (κ1) is 20.5. The topological polar surface area (TPSA) is 66.7 Å². The van der Waals surface area contributed by atoms with Gasteiger partial charge in [-0.2, -0.15) is 0 Å². The van der Waals surface area contributed by atoms with Crippen LogP contribution in [0.1, 0.15) is 47.6 Å². The van der Waals surface area contributed by atoms with Crippen molar-refractivity contribution in [3.05, 3.63) is 65.2 Å². The van der Waals surface area contributed by atoms with Crippen molar-refractivity contribution in [3.8, 4) is 0 Å². The summed E-state index contributed by atoms with van der Waals surface area (Å²) in [6.07, 6.45) is 5.43. The minimum absolute atomic E-state index is 0.0366. The van der Waals surface area contributed by atoms with Gasteiger partial charge in [-0.05, 0) is 54.2 Å². The van der Waals surface area contributed by atoms with E-state index < -0.39 is 0 Å². The summed E-state index contributed by atoms with van der Waals surface area (Å²) < 4.78 is 5.56. The third kappa shape index (κ3) is 3.70. The normalized spacial score (nSPS) is 19.9. The molecule has 32 heavy (non-hydrogen) atoms. The van der Waals surface area contributed by atoms with Crippen molar-refractivity contribution in [2.45, 2.75) is 26.7 Å². The number of para-hydroxylation sites is 1. The fourth-order valence-electron chi connectivity index (χ4n) is 4.91. The first-order valence-corrected chi connectivity index (χ1v) is 11.2. The summed E-state index contributed by atoms with van der Waals surface area (Å²) in [5.74, 6) is 1.29. The molecule has 0 N–H and O–H groups in total. The number of carbonyl (C=O) groups is 2. The minimum Gasteiger partial charge on any atom is -0.465 e. The Bertz CT molecular complexity index is 1200. The zero-order valence-electron chi connectivity index (χ0n) is 18.5. The van der Waals surface area contributed by atoms with Gasteiger partial charge in [0, 0.05) is 38.5 Å². The van der Waals surface area contributed by atoms with Gasteiger partial charge in [0.1, 0.15) is 5.76 Å². The second kappa shape index (κ2) is 8.26. The molecule has 0 spiro atoms. The van der Waals surface area contributed by atoms with Crippen LogP contribution in [-0.2, 0) is 11.2 Å². The first-order valence-electron chi connectivity index (χ1n) is 11.2. The lowest BCUT2D eigenvalue weighted by molar-refractivity contribution is -0.130. The number of carbonyl (C=O) groups excluding carboxylic acids is 2. The van der Waals surface area contributed by atoms with Crippen LogP contribution in [0.3, 0.4) is 0 Å². The molecule has 0 saturated carbocycles. The Labute approximate surface area is 187 Å². The number of fused-ring (bicyclic) bond motifs is 2. The van der Waals surface area contributed by atoms with Crippen LogP contribution in [0.25, 0.3) is 22.6 Å². The summed E-state index contributed by atoms with van der Waals surface area (Å²) in [6, 6.07) is 11.7. The van der Waals surface area contributed by atoms with Crippen LogP contribution in [0.2, 0.25) is 0 Å². The van der Waals surface area contributed by atoms with Gasteiger partial charge in [0.25, 0.3) is 5.91 Å². The van der Waals surface area contributed by atoms with Crippen LogP contribution >= 0.6 is 0 Å². The second-order valence-corrected chi connectivity index (χ2v) is 8.83. The molecular weight excluding hydrogens is 402 g/mol. The third-order valence-electron chi connectivity index (χ3n) is 6.50. The van der Waals surface area contributed by atoms with Gasteiger partial charge in [-0.3, -0.25) is 9.59 Å². The molecule has 1 aromatic carbocycles. The Hall–Kier alpha value is -3.41. The number of hydrogen-bond acceptors (Lipinski definition) is 4. The average Bonchev–Trinajstić information content (AvgIpc) is 3.30. The van der Waals surface area contributed by atoms with Crippen LogP contribution < -0.4 is 0 Å². The van der Waals surface area contributed by atoms with E-state index in [4.69, 9.17) is 9.40 Å². The molecule has 1 fully saturated rings. The van der Waals surface area contributed by atoms with Gasteiger partial charge in [-0.1, -0.05) is 25.1 Å². The van der Waals surface area contributed by atoms with Crippen LogP contribution in [0, 0.1) is 5.92 Å². The molecule has 2 amide bonds. The van der Waals surface area contributed by atoms with Crippen LogP contribution in [0.15, 0.2) is 47.1 Å². The molecule has 1 aliphatic carbocycles. The van der Waals surface area contributed by atoms with Crippen LogP contribution in [-0.4, -0.2) is 52.8 Å². The van der Waals surface area contributed by atoms with E-state index in [9.17, 15) is 9.59 Å². The quantitative estimate of drug-likeness (QED) is 0.611. The molecule has 6 heteroatoms. The summed E-state index contributed by atoms with van der Waals surface area (Å²) in [5, 5.41) is 0.900. The zero-order valence-corrected chi connectivity index (χ0v) is 18.5. The first-order chi connectivity index (χ1) is 15.5. The fourth-order valence-corrected chi connectivity index (χ4v) is 4.91. The highest BCUT2D eigenvalue weighted by atomic mass is 16.3. The number of hydrogen-bond donors (Lipinski definition) is 0. The molecule has 164 valence electrons. The van der Waals surface area contributed by atoms with Crippen molar-refractivity contribution >= 4 is 34.4 Å². The Morgan fingerprint density at radius 2 is 1.78 bits per heavy atom. The summed E-state index contributed by atoms with van der Waals surface area (Å²) in [7, 11) is 0. The Morgan fingerprint density at radius 1 is 1.03 bits per heavy atom. The molecular formula is C26H27N3O3. The largest absolute Gasteiger partial charge is 0.465 e. The van der Waals surface area contributed by atoms with Gasteiger partial charge in [-0.15, -0.1) is 0 Å². The molecule has 0 bridgehead atoms. The Morgan fingerprint density at radius 3 is 2.50 bits per heavy atom. The van der Waals surface area contributed by atoms with Crippen molar-refractivity contribution in [1.82, 2.24) is 14.8 Å². The molecule has 1 unspecified atom stereocenters. The standard InChI is InChI=1S/C26H27N3O3/c1-17-14-19(16-20-6-5-13-32-20)25-22(15-17)24(21-7-3-4-8-23(21)27-25)26(31)29-11-9-28(10-12-29)18(2)30/h3-8,13,16-17H,9-12,14-15H2,1-2H3/b19-16-. The monoisotopic (exact) mass is 429 g/mol. The van der Waals surface area contributed by atoms with Crippen molar-refractivity contribution in [2.24, 2.45) is 5.92 Å². The lowest BCUT2D eigenvalue weighted by atomic mass is 9.80. The number of allylic oxidation sites excluding steroid dienone is 1. The maximum Gasteiger partial charge on any atom is 0.255 e. The summed E-state index contributed by atoms with van der Waals surface area (Å²) in [5.41, 5.74) is 4.63. The number of nitrogens with zero attached hydrogens (tertiary/aromatic N) is 3. The molecule has 1 aliphatic heterocycles. The number of furan rings is 1. The van der Waals surface area contributed by atoms with E-state index in [1.165, 1.54) is 0 Å². The number of piperazine rings is 1. The van der Waals surface area contributed by atoms with E-state index in [0.717, 1.165) is 51.9 Å². The number of pyridine rings is 1. The van der Waals surface area contributed by atoms with Crippen molar-refractivity contribution < 1.29 is 14.0 Å². The lowest BCUT2D eigenvalue weighted by Crippen LogP contribution is -2.50. The van der Waals surface area contributed by atoms with Gasteiger partial charge >= 0.3 is 0 Å². The van der Waals surface area contributed by atoms with Gasteiger partial charge in [0.15, 0.2) is 0 Å². The van der Waals surface area contributed by atoms with E-state index >= 15 is 0 Å². The predicted octanol–water partition coefficient (Wildman–Crippen LogP) is 4.26. The average molecular weight is 430 g/mol. The van der Waals surface area contributed by atoms with Gasteiger partial charge in [0.2, 0.25) is 5.91 Å². The highest BCUT2D eigenvalue weighted by molar-refractivity contribution is 6.09. The summed E-state index contributed by atoms with van der Waals surface area (Å²) >= 11 is 0. The fraction of sp³-hybridized carbons (Fsp3) is 0.346. The molecule has 6 nitrogen and oxygen atoms in total. The molecule has 3 heterocycles. The van der Waals surface area contributed by atoms with E-state index in [-0.39, 0.29) is 11.8 Å². The zero-order chi connectivity index (χ0) is 22.2. The molecule has 2 aromatic heterocycles. The van der Waals surface area contributed by atoms with Crippen molar-refractivity contribution in [3.63, 3.8) is 0 Å². The van der Waals surface area contributed by atoms with E-state index in [1.54, 1.807) is 18.1 Å². The maximum atomic E-state index is 13.8. The van der Waals surface area contributed by atoms with Gasteiger partial charge in [0.05, 0.1) is 23.0 Å². The van der Waals surface area contributed by atoms with Crippen molar-refractivity contribution in [1.29, 1.82) is 0 Å². The van der Waals surface area contributed by atoms with E-state index in [1.807, 2.05) is 41.3 Å². The van der Waals surface area contributed by atoms with E-state index in [0.29, 0.717) is 32.1 Å². The highest BCUT2D eigenvalue weighted by Crippen LogP contribution is 2.39. The van der Waals surface area contributed by atoms with Crippen molar-refractivity contribution in [2.75, 3.05) is 26.2 Å². The van der Waals surface area contributed by atoms with E-state index in [2.05, 4.69) is 13.0 Å². The van der Waals surface area contributed by atoms with Crippen LogP contribution in [0.5, 0.6) is 0 Å². The SMILES string of the molecule is CC(=O)N1CCN(C(=O)c2c3c(nc4ccccc24)/C(=C\c2ccco2)CC(C)C3)CC1. The molecule has 5 rings (SSSR count). The van der Waals surface area contributed by atoms with Gasteiger partial charge < -0.3 is 14.2 Å². The van der Waals surface area contributed by atoms with Crippen LogP contribution in [0.4, 0.5) is 0 Å². The predicted molar refractivity (Wildman–Crippen MR) is 124 cm³/mol. The number of rotatable bonds is 2. The molecule has 2 aliphatic rings. The lowest BCUT2D eigenvalue weighted by Gasteiger charge is -2.35. The maximum absolute atomic E-state index is 13.8. The molecule has 3 aromatic rings. The Kier molecular flexibility index (Phi) is 5.29. The highest BCUT2D eigenvalue weighted by Gasteiger charge is 2.31.